The number of rotatable bonds is 4. The highest BCUT2D eigenvalue weighted by molar-refractivity contribution is 5.73. The highest BCUT2D eigenvalue weighted by atomic mass is 19.4. The lowest BCUT2D eigenvalue weighted by Gasteiger charge is -2.20. The number of halogens is 3. The zero-order valence-corrected chi connectivity index (χ0v) is 11.1. The number of hydrogen-bond acceptors (Lipinski definition) is 4. The van der Waals surface area contributed by atoms with Crippen molar-refractivity contribution in [1.29, 1.82) is 0 Å². The summed E-state index contributed by atoms with van der Waals surface area (Å²) >= 11 is 0. The summed E-state index contributed by atoms with van der Waals surface area (Å²) < 4.78 is 43.2. The molecule has 1 heterocycles. The minimum atomic E-state index is -4.39. The highest BCUT2D eigenvalue weighted by Crippen LogP contribution is 2.31. The van der Waals surface area contributed by atoms with Crippen molar-refractivity contribution < 1.29 is 22.7 Å². The van der Waals surface area contributed by atoms with Gasteiger partial charge in [0, 0.05) is 6.04 Å². The lowest BCUT2D eigenvalue weighted by atomic mass is 10.2. The minimum absolute atomic E-state index is 0.0189. The van der Waals surface area contributed by atoms with E-state index < -0.39 is 11.7 Å². The molecule has 1 aromatic heterocycles. The first-order chi connectivity index (χ1) is 9.31. The Morgan fingerprint density at radius 3 is 2.70 bits per heavy atom. The number of likely N-dealkylation sites (N-methyl/N-ethyl adjacent to an activating group) is 1. The lowest BCUT2D eigenvalue weighted by molar-refractivity contribution is -0.137. The molecule has 0 aliphatic carbocycles. The summed E-state index contributed by atoms with van der Waals surface area (Å²) in [6, 6.07) is 3.12. The Hall–Kier alpha value is -1.60. The van der Waals surface area contributed by atoms with Crippen molar-refractivity contribution in [2.75, 3.05) is 13.7 Å². The molecule has 2 rings (SSSR count). The predicted molar refractivity (Wildman–Crippen MR) is 67.0 cm³/mol. The maximum atomic E-state index is 12.6. The van der Waals surface area contributed by atoms with E-state index in [-0.39, 0.29) is 18.2 Å². The zero-order valence-electron chi connectivity index (χ0n) is 11.1. The molecule has 20 heavy (non-hydrogen) atoms. The molecule has 0 radical (unpaired) electrons. The standard InChI is InChI=1S/C13H15F3N2O2/c1-8(7-19)18(2)6-12-17-10-5-9(13(14,15)16)3-4-11(10)20-12/h3-5,8,19H,6-7H2,1-2H3. The van der Waals surface area contributed by atoms with Gasteiger partial charge in [-0.05, 0) is 32.2 Å². The third kappa shape index (κ3) is 3.10. The fraction of sp³-hybridized carbons (Fsp3) is 0.462. The van der Waals surface area contributed by atoms with Gasteiger partial charge in [0.05, 0.1) is 18.7 Å². The van der Waals surface area contributed by atoms with Gasteiger partial charge in [-0.25, -0.2) is 4.98 Å². The third-order valence-corrected chi connectivity index (χ3v) is 3.16. The maximum Gasteiger partial charge on any atom is 0.416 e. The molecule has 110 valence electrons. The molecule has 0 fully saturated rings. The van der Waals surface area contributed by atoms with Crippen molar-refractivity contribution in [1.82, 2.24) is 9.88 Å². The smallest absolute Gasteiger partial charge is 0.416 e. The Balaban J connectivity index is 2.25. The first kappa shape index (κ1) is 14.8. The van der Waals surface area contributed by atoms with Crippen LogP contribution >= 0.6 is 0 Å². The van der Waals surface area contributed by atoms with Crippen LogP contribution in [0.15, 0.2) is 22.6 Å². The fourth-order valence-corrected chi connectivity index (χ4v) is 1.73. The predicted octanol–water partition coefficient (Wildman–Crippen LogP) is 2.66. The monoisotopic (exact) mass is 288 g/mol. The van der Waals surface area contributed by atoms with E-state index in [9.17, 15) is 13.2 Å². The topological polar surface area (TPSA) is 49.5 Å². The number of aliphatic hydroxyl groups is 1. The van der Waals surface area contributed by atoms with E-state index in [2.05, 4.69) is 4.98 Å². The molecule has 4 nitrogen and oxygen atoms in total. The summed E-state index contributed by atoms with van der Waals surface area (Å²) in [7, 11) is 1.77. The molecule has 0 spiro atoms. The van der Waals surface area contributed by atoms with Crippen LogP contribution in [0.25, 0.3) is 11.1 Å². The van der Waals surface area contributed by atoms with Gasteiger partial charge in [-0.2, -0.15) is 13.2 Å². The van der Waals surface area contributed by atoms with Gasteiger partial charge in [0.1, 0.15) is 5.52 Å². The molecule has 1 atom stereocenters. The third-order valence-electron chi connectivity index (χ3n) is 3.16. The molecule has 0 aliphatic heterocycles. The molecule has 1 aromatic carbocycles. The van der Waals surface area contributed by atoms with Crippen LogP contribution in [-0.4, -0.2) is 34.7 Å². The molecule has 1 unspecified atom stereocenters. The highest BCUT2D eigenvalue weighted by Gasteiger charge is 2.31. The van der Waals surface area contributed by atoms with Crippen molar-refractivity contribution in [2.24, 2.45) is 0 Å². The Kier molecular flexibility index (Phi) is 4.01. The normalized spacial score (nSPS) is 14.2. The van der Waals surface area contributed by atoms with Crippen LogP contribution in [0.1, 0.15) is 18.4 Å². The number of fused-ring (bicyclic) bond motifs is 1. The quantitative estimate of drug-likeness (QED) is 0.939. The second-order valence-corrected chi connectivity index (χ2v) is 4.73. The number of benzene rings is 1. The van der Waals surface area contributed by atoms with Crippen molar-refractivity contribution in [3.63, 3.8) is 0 Å². The van der Waals surface area contributed by atoms with E-state index >= 15 is 0 Å². The minimum Gasteiger partial charge on any atom is -0.439 e. The van der Waals surface area contributed by atoms with Gasteiger partial charge in [0.25, 0.3) is 0 Å². The van der Waals surface area contributed by atoms with Crippen molar-refractivity contribution in [3.05, 3.63) is 29.7 Å². The van der Waals surface area contributed by atoms with E-state index in [0.29, 0.717) is 18.0 Å². The largest absolute Gasteiger partial charge is 0.439 e. The number of hydrogen-bond donors (Lipinski definition) is 1. The van der Waals surface area contributed by atoms with Crippen LogP contribution in [0, 0.1) is 0 Å². The SMILES string of the molecule is CC(CO)N(C)Cc1nc2cc(C(F)(F)F)ccc2o1. The number of aliphatic hydroxyl groups excluding tert-OH is 1. The van der Waals surface area contributed by atoms with Crippen LogP contribution in [0.4, 0.5) is 13.2 Å². The van der Waals surface area contributed by atoms with E-state index in [1.54, 1.807) is 11.9 Å². The van der Waals surface area contributed by atoms with Gasteiger partial charge >= 0.3 is 6.18 Å². The fourth-order valence-electron chi connectivity index (χ4n) is 1.73. The lowest BCUT2D eigenvalue weighted by Crippen LogP contribution is -2.31. The average molecular weight is 288 g/mol. The summed E-state index contributed by atoms with van der Waals surface area (Å²) in [4.78, 5) is 5.85. The summed E-state index contributed by atoms with van der Waals surface area (Å²) in [6.07, 6.45) is -4.39. The molecule has 7 heteroatoms. The van der Waals surface area contributed by atoms with Gasteiger partial charge in [0.15, 0.2) is 5.58 Å². The average Bonchev–Trinajstić information content (AvgIpc) is 2.77. The molecule has 1 N–H and O–H groups in total. The van der Waals surface area contributed by atoms with E-state index in [1.807, 2.05) is 6.92 Å². The molecule has 0 aliphatic rings. The Morgan fingerprint density at radius 2 is 2.10 bits per heavy atom. The Labute approximate surface area is 113 Å². The van der Waals surface area contributed by atoms with Crippen LogP contribution in [0.2, 0.25) is 0 Å². The van der Waals surface area contributed by atoms with E-state index in [1.165, 1.54) is 6.07 Å². The summed E-state index contributed by atoms with van der Waals surface area (Å²) in [5.74, 6) is 0.321. The van der Waals surface area contributed by atoms with E-state index in [4.69, 9.17) is 9.52 Å². The molecular formula is C13H15F3N2O2. The molecular weight excluding hydrogens is 273 g/mol. The van der Waals surface area contributed by atoms with Crippen LogP contribution < -0.4 is 0 Å². The summed E-state index contributed by atoms with van der Waals surface area (Å²) in [5.41, 5.74) is -0.250. The number of alkyl halides is 3. The molecule has 0 bridgehead atoms. The van der Waals surface area contributed by atoms with Gasteiger partial charge in [-0.3, -0.25) is 4.90 Å². The molecule has 0 saturated carbocycles. The van der Waals surface area contributed by atoms with Crippen LogP contribution in [0.3, 0.4) is 0 Å². The van der Waals surface area contributed by atoms with Gasteiger partial charge in [-0.15, -0.1) is 0 Å². The maximum absolute atomic E-state index is 12.6. The Bertz CT molecular complexity index is 595. The Morgan fingerprint density at radius 1 is 1.40 bits per heavy atom. The summed E-state index contributed by atoms with van der Waals surface area (Å²) in [5, 5.41) is 9.03. The van der Waals surface area contributed by atoms with Gasteiger partial charge in [0.2, 0.25) is 5.89 Å². The van der Waals surface area contributed by atoms with Crippen LogP contribution in [-0.2, 0) is 12.7 Å². The second-order valence-electron chi connectivity index (χ2n) is 4.73. The number of aromatic nitrogens is 1. The van der Waals surface area contributed by atoms with Gasteiger partial charge in [-0.1, -0.05) is 0 Å². The summed E-state index contributed by atoms with van der Waals surface area (Å²) in [6.45, 7) is 2.12. The first-order valence-electron chi connectivity index (χ1n) is 6.09. The van der Waals surface area contributed by atoms with E-state index in [0.717, 1.165) is 12.1 Å². The van der Waals surface area contributed by atoms with Gasteiger partial charge < -0.3 is 9.52 Å². The zero-order chi connectivity index (χ0) is 14.9. The molecule has 0 saturated heterocycles. The molecule has 2 aromatic rings. The van der Waals surface area contributed by atoms with Crippen molar-refractivity contribution in [2.45, 2.75) is 25.7 Å². The first-order valence-corrected chi connectivity index (χ1v) is 6.09. The number of oxazole rings is 1. The molecule has 0 amide bonds. The van der Waals surface area contributed by atoms with Crippen molar-refractivity contribution >= 4 is 11.1 Å². The van der Waals surface area contributed by atoms with Crippen molar-refractivity contribution in [3.8, 4) is 0 Å². The number of nitrogens with zero attached hydrogens (tertiary/aromatic N) is 2. The second kappa shape index (κ2) is 5.41. The van der Waals surface area contributed by atoms with Crippen LogP contribution in [0.5, 0.6) is 0 Å².